The highest BCUT2D eigenvalue weighted by Crippen LogP contribution is 2.19. The van der Waals surface area contributed by atoms with Crippen LogP contribution < -0.4 is 5.73 Å². The molecule has 6 nitrogen and oxygen atoms in total. The van der Waals surface area contributed by atoms with Gasteiger partial charge in [0.25, 0.3) is 0 Å². The van der Waals surface area contributed by atoms with E-state index in [1.807, 2.05) is 35.0 Å². The summed E-state index contributed by atoms with van der Waals surface area (Å²) in [5, 5.41) is 7.46. The van der Waals surface area contributed by atoms with Gasteiger partial charge in [-0.05, 0) is 17.7 Å². The molecule has 0 saturated heterocycles. The van der Waals surface area contributed by atoms with Gasteiger partial charge >= 0.3 is 6.01 Å². The molecule has 18 heavy (non-hydrogen) atoms. The van der Waals surface area contributed by atoms with Gasteiger partial charge in [0.2, 0.25) is 5.89 Å². The molecule has 0 radical (unpaired) electrons. The van der Waals surface area contributed by atoms with Gasteiger partial charge in [0, 0.05) is 24.5 Å². The Morgan fingerprint density at radius 1 is 1.17 bits per heavy atom. The Morgan fingerprint density at radius 2 is 2.00 bits per heavy atom. The smallest absolute Gasteiger partial charge is 0.313 e. The summed E-state index contributed by atoms with van der Waals surface area (Å²) in [6, 6.07) is 7.96. The molecule has 0 aliphatic rings. The van der Waals surface area contributed by atoms with Crippen LogP contribution in [0.1, 0.15) is 5.56 Å². The van der Waals surface area contributed by atoms with Gasteiger partial charge in [0.1, 0.15) is 0 Å². The Kier molecular flexibility index (Phi) is 2.53. The summed E-state index contributed by atoms with van der Waals surface area (Å²) >= 11 is 0. The highest BCUT2D eigenvalue weighted by molar-refractivity contribution is 5.53. The number of nitrogens with two attached hydrogens (primary N) is 1. The van der Waals surface area contributed by atoms with Crippen LogP contribution in [0.3, 0.4) is 0 Å². The molecule has 0 unspecified atom stereocenters. The minimum atomic E-state index is 0.0764. The van der Waals surface area contributed by atoms with Crippen LogP contribution in [0.15, 0.2) is 47.4 Å². The van der Waals surface area contributed by atoms with E-state index in [2.05, 4.69) is 15.2 Å². The first kappa shape index (κ1) is 10.5. The van der Waals surface area contributed by atoms with Crippen LogP contribution >= 0.6 is 0 Å². The monoisotopic (exact) mass is 241 g/mol. The quantitative estimate of drug-likeness (QED) is 0.752. The Morgan fingerprint density at radius 3 is 2.61 bits per heavy atom. The number of nitrogens with zero attached hydrogens (tertiary/aromatic N) is 4. The van der Waals surface area contributed by atoms with E-state index in [1.165, 1.54) is 5.56 Å². The van der Waals surface area contributed by atoms with E-state index in [1.54, 1.807) is 12.5 Å². The fourth-order valence-electron chi connectivity index (χ4n) is 1.70. The van der Waals surface area contributed by atoms with Crippen LogP contribution in [-0.4, -0.2) is 19.7 Å². The molecule has 3 aromatic rings. The molecule has 2 heterocycles. The number of rotatable bonds is 3. The molecule has 0 amide bonds. The van der Waals surface area contributed by atoms with Gasteiger partial charge in [-0.2, -0.15) is 0 Å². The van der Waals surface area contributed by atoms with Crippen molar-refractivity contribution >= 4 is 6.01 Å². The van der Waals surface area contributed by atoms with Crippen LogP contribution in [0, 0.1) is 0 Å². The van der Waals surface area contributed by atoms with Crippen LogP contribution in [-0.2, 0) is 6.54 Å². The second-order valence-electron chi connectivity index (χ2n) is 3.88. The Hall–Kier alpha value is -2.63. The first-order chi connectivity index (χ1) is 8.81. The number of nitrogen functional groups attached to an aromatic ring is 1. The summed E-state index contributed by atoms with van der Waals surface area (Å²) in [7, 11) is 0. The first-order valence-corrected chi connectivity index (χ1v) is 5.45. The molecule has 0 saturated carbocycles. The fraction of sp³-hybridized carbons (Fsp3) is 0.0833. The number of hydrogen-bond donors (Lipinski definition) is 1. The number of hydrogen-bond acceptors (Lipinski definition) is 5. The van der Waals surface area contributed by atoms with Gasteiger partial charge in [0.05, 0.1) is 6.33 Å². The van der Waals surface area contributed by atoms with Gasteiger partial charge in [-0.1, -0.05) is 17.2 Å². The maximum atomic E-state index is 5.39. The van der Waals surface area contributed by atoms with Gasteiger partial charge in [-0.25, -0.2) is 4.98 Å². The summed E-state index contributed by atoms with van der Waals surface area (Å²) in [6.45, 7) is 0.784. The molecule has 3 rings (SSSR count). The molecule has 90 valence electrons. The zero-order valence-corrected chi connectivity index (χ0v) is 9.52. The third-order valence-corrected chi connectivity index (χ3v) is 2.57. The summed E-state index contributed by atoms with van der Waals surface area (Å²) in [6.07, 6.45) is 5.47. The van der Waals surface area contributed by atoms with E-state index in [0.29, 0.717) is 5.89 Å². The van der Waals surface area contributed by atoms with Gasteiger partial charge in [-0.3, -0.25) is 0 Å². The molecule has 0 atom stereocenters. The molecule has 0 fully saturated rings. The molecule has 6 heteroatoms. The number of benzene rings is 1. The van der Waals surface area contributed by atoms with Crippen molar-refractivity contribution in [2.45, 2.75) is 6.54 Å². The maximum Gasteiger partial charge on any atom is 0.313 e. The molecule has 2 aromatic heterocycles. The summed E-state index contributed by atoms with van der Waals surface area (Å²) in [5.41, 5.74) is 7.41. The standard InChI is InChI=1S/C12H11N5O/c13-12-16-15-11(18-12)10-3-1-9(2-4-10)7-17-6-5-14-8-17/h1-6,8H,7H2,(H2,13,16). The van der Waals surface area contributed by atoms with Crippen molar-refractivity contribution in [1.29, 1.82) is 0 Å². The number of imidazole rings is 1. The third kappa shape index (κ3) is 2.08. The van der Waals surface area contributed by atoms with E-state index in [-0.39, 0.29) is 6.01 Å². The Labute approximate surface area is 103 Å². The predicted molar refractivity (Wildman–Crippen MR) is 65.5 cm³/mol. The zero-order valence-electron chi connectivity index (χ0n) is 9.52. The summed E-state index contributed by atoms with van der Waals surface area (Å²) in [4.78, 5) is 4.00. The normalized spacial score (nSPS) is 10.7. The molecule has 0 aliphatic heterocycles. The van der Waals surface area contributed by atoms with Gasteiger partial charge in [-0.15, -0.1) is 5.10 Å². The van der Waals surface area contributed by atoms with E-state index < -0.39 is 0 Å². The predicted octanol–water partition coefficient (Wildman–Crippen LogP) is 1.56. The highest BCUT2D eigenvalue weighted by Gasteiger charge is 2.05. The average Bonchev–Trinajstić information content (AvgIpc) is 3.02. The van der Waals surface area contributed by atoms with Crippen LogP contribution in [0.25, 0.3) is 11.5 Å². The number of aromatic nitrogens is 4. The van der Waals surface area contributed by atoms with Gasteiger partial charge < -0.3 is 14.7 Å². The molecule has 1 aromatic carbocycles. The Bertz CT molecular complexity index is 627. The molecule has 0 spiro atoms. The van der Waals surface area contributed by atoms with Crippen LogP contribution in [0.4, 0.5) is 6.01 Å². The molecule has 0 aliphatic carbocycles. The summed E-state index contributed by atoms with van der Waals surface area (Å²) in [5.74, 6) is 0.432. The summed E-state index contributed by atoms with van der Waals surface area (Å²) < 4.78 is 7.16. The van der Waals surface area contributed by atoms with Crippen LogP contribution in [0.5, 0.6) is 0 Å². The van der Waals surface area contributed by atoms with Crippen molar-refractivity contribution in [2.24, 2.45) is 0 Å². The van der Waals surface area contributed by atoms with E-state index in [0.717, 1.165) is 12.1 Å². The topological polar surface area (TPSA) is 82.8 Å². The van der Waals surface area contributed by atoms with E-state index >= 15 is 0 Å². The van der Waals surface area contributed by atoms with E-state index in [9.17, 15) is 0 Å². The lowest BCUT2D eigenvalue weighted by Crippen LogP contribution is -1.95. The minimum Gasteiger partial charge on any atom is -0.404 e. The van der Waals surface area contributed by atoms with Crippen LogP contribution in [0.2, 0.25) is 0 Å². The lowest BCUT2D eigenvalue weighted by Gasteiger charge is -2.02. The second-order valence-corrected chi connectivity index (χ2v) is 3.88. The van der Waals surface area contributed by atoms with Crippen molar-refractivity contribution in [1.82, 2.24) is 19.7 Å². The highest BCUT2D eigenvalue weighted by atomic mass is 16.4. The average molecular weight is 241 g/mol. The first-order valence-electron chi connectivity index (χ1n) is 5.45. The molecular formula is C12H11N5O. The maximum absolute atomic E-state index is 5.39. The van der Waals surface area contributed by atoms with Crippen molar-refractivity contribution in [2.75, 3.05) is 5.73 Å². The lowest BCUT2D eigenvalue weighted by molar-refractivity contribution is 0.590. The lowest BCUT2D eigenvalue weighted by atomic mass is 10.1. The molecular weight excluding hydrogens is 230 g/mol. The second kappa shape index (κ2) is 4.33. The zero-order chi connectivity index (χ0) is 12.4. The van der Waals surface area contributed by atoms with E-state index in [4.69, 9.17) is 10.2 Å². The fourth-order valence-corrected chi connectivity index (χ4v) is 1.70. The largest absolute Gasteiger partial charge is 0.404 e. The van der Waals surface area contributed by atoms with Crippen molar-refractivity contribution < 1.29 is 4.42 Å². The van der Waals surface area contributed by atoms with Crippen molar-refractivity contribution in [3.63, 3.8) is 0 Å². The molecule has 2 N–H and O–H groups in total. The number of anilines is 1. The molecule has 0 bridgehead atoms. The minimum absolute atomic E-state index is 0.0764. The van der Waals surface area contributed by atoms with Gasteiger partial charge in [0.15, 0.2) is 0 Å². The van der Waals surface area contributed by atoms with Crippen molar-refractivity contribution in [3.8, 4) is 11.5 Å². The Balaban J connectivity index is 1.81. The van der Waals surface area contributed by atoms with Crippen molar-refractivity contribution in [3.05, 3.63) is 48.5 Å². The third-order valence-electron chi connectivity index (χ3n) is 2.57. The SMILES string of the molecule is Nc1nnc(-c2ccc(Cn3ccnc3)cc2)o1.